The first-order valence-corrected chi connectivity index (χ1v) is 6.01. The number of carbonyl (C=O) groups excluding carboxylic acids is 1. The summed E-state index contributed by atoms with van der Waals surface area (Å²) in [6.07, 6.45) is -0.214. The van der Waals surface area contributed by atoms with Crippen LogP contribution in [-0.2, 0) is 4.74 Å². The van der Waals surface area contributed by atoms with Crippen LogP contribution in [0.2, 0.25) is 5.02 Å². The lowest BCUT2D eigenvalue weighted by atomic mass is 10.0. The van der Waals surface area contributed by atoms with Gasteiger partial charge < -0.3 is 9.64 Å². The maximum atomic E-state index is 12.5. The van der Waals surface area contributed by atoms with Crippen molar-refractivity contribution >= 4 is 17.5 Å². The van der Waals surface area contributed by atoms with E-state index < -0.39 is 0 Å². The molecular formula is C13H16ClNO2. The van der Waals surface area contributed by atoms with Crippen LogP contribution in [0.1, 0.15) is 31.1 Å². The molecule has 1 aromatic rings. The second-order valence-electron chi connectivity index (χ2n) is 4.88. The highest BCUT2D eigenvalue weighted by Crippen LogP contribution is 2.30. The lowest BCUT2D eigenvalue weighted by Gasteiger charge is -2.32. The lowest BCUT2D eigenvalue weighted by Crippen LogP contribution is -2.47. The summed E-state index contributed by atoms with van der Waals surface area (Å²) >= 11 is 6.05. The van der Waals surface area contributed by atoms with Crippen molar-refractivity contribution in [3.63, 3.8) is 0 Å². The molecule has 4 heteroatoms. The third-order valence-corrected chi connectivity index (χ3v) is 3.35. The Morgan fingerprint density at radius 1 is 1.47 bits per heavy atom. The molecule has 1 saturated heterocycles. The van der Waals surface area contributed by atoms with E-state index in [0.717, 1.165) is 0 Å². The fourth-order valence-corrected chi connectivity index (χ4v) is 2.38. The standard InChI is InChI=1S/C13H16ClNO2/c1-9-15(13(2,3)8-17-9)12(16)10-6-4-5-7-11(10)14/h4-7,9H,8H2,1-3H3. The van der Waals surface area contributed by atoms with E-state index in [1.54, 1.807) is 17.0 Å². The first-order valence-electron chi connectivity index (χ1n) is 5.63. The minimum atomic E-state index is -0.296. The molecule has 0 spiro atoms. The van der Waals surface area contributed by atoms with Crippen LogP contribution in [0.4, 0.5) is 0 Å². The number of hydrogen-bond donors (Lipinski definition) is 0. The summed E-state index contributed by atoms with van der Waals surface area (Å²) in [5, 5.41) is 0.479. The van der Waals surface area contributed by atoms with Gasteiger partial charge in [0.2, 0.25) is 0 Å². The molecule has 1 aliphatic rings. The van der Waals surface area contributed by atoms with Gasteiger partial charge in [-0.25, -0.2) is 0 Å². The Hall–Kier alpha value is -1.06. The molecule has 1 atom stereocenters. The second-order valence-corrected chi connectivity index (χ2v) is 5.28. The van der Waals surface area contributed by atoms with E-state index in [2.05, 4.69) is 0 Å². The molecule has 1 heterocycles. The van der Waals surface area contributed by atoms with Gasteiger partial charge in [-0.2, -0.15) is 0 Å². The van der Waals surface area contributed by atoms with Crippen molar-refractivity contribution in [3.05, 3.63) is 34.9 Å². The molecule has 1 unspecified atom stereocenters. The van der Waals surface area contributed by atoms with Crippen LogP contribution in [0.25, 0.3) is 0 Å². The van der Waals surface area contributed by atoms with Crippen LogP contribution < -0.4 is 0 Å². The zero-order valence-electron chi connectivity index (χ0n) is 10.2. The molecule has 1 aliphatic heterocycles. The summed E-state index contributed by atoms with van der Waals surface area (Å²) in [4.78, 5) is 14.2. The van der Waals surface area contributed by atoms with Crippen LogP contribution >= 0.6 is 11.6 Å². The number of benzene rings is 1. The Balaban J connectivity index is 2.35. The van der Waals surface area contributed by atoms with Crippen molar-refractivity contribution < 1.29 is 9.53 Å². The molecule has 1 aromatic carbocycles. The summed E-state index contributed by atoms with van der Waals surface area (Å²) in [6, 6.07) is 7.09. The van der Waals surface area contributed by atoms with E-state index >= 15 is 0 Å². The van der Waals surface area contributed by atoms with Crippen molar-refractivity contribution in [2.75, 3.05) is 6.61 Å². The monoisotopic (exact) mass is 253 g/mol. The maximum absolute atomic E-state index is 12.5. The Labute approximate surface area is 106 Å². The van der Waals surface area contributed by atoms with Gasteiger partial charge in [0.15, 0.2) is 0 Å². The summed E-state index contributed by atoms with van der Waals surface area (Å²) in [6.45, 7) is 6.41. The molecular weight excluding hydrogens is 238 g/mol. The largest absolute Gasteiger partial charge is 0.356 e. The minimum absolute atomic E-state index is 0.0781. The smallest absolute Gasteiger partial charge is 0.257 e. The van der Waals surface area contributed by atoms with Gasteiger partial charge in [-0.3, -0.25) is 4.79 Å². The Bertz CT molecular complexity index is 445. The molecule has 2 rings (SSSR count). The van der Waals surface area contributed by atoms with E-state index in [4.69, 9.17) is 16.3 Å². The van der Waals surface area contributed by atoms with Crippen LogP contribution in [0.5, 0.6) is 0 Å². The van der Waals surface area contributed by atoms with Crippen molar-refractivity contribution in [1.29, 1.82) is 0 Å². The van der Waals surface area contributed by atoms with E-state index in [0.29, 0.717) is 17.2 Å². The number of rotatable bonds is 1. The number of halogens is 1. The molecule has 0 bridgehead atoms. The Kier molecular flexibility index (Phi) is 3.15. The first kappa shape index (κ1) is 12.4. The van der Waals surface area contributed by atoms with E-state index in [9.17, 15) is 4.79 Å². The molecule has 0 radical (unpaired) electrons. The Morgan fingerprint density at radius 2 is 2.12 bits per heavy atom. The topological polar surface area (TPSA) is 29.5 Å². The van der Waals surface area contributed by atoms with Crippen molar-refractivity contribution in [1.82, 2.24) is 4.90 Å². The average molecular weight is 254 g/mol. The van der Waals surface area contributed by atoms with Crippen LogP contribution in [0.3, 0.4) is 0 Å². The highest BCUT2D eigenvalue weighted by molar-refractivity contribution is 6.33. The summed E-state index contributed by atoms with van der Waals surface area (Å²) < 4.78 is 5.53. The highest BCUT2D eigenvalue weighted by Gasteiger charge is 2.42. The van der Waals surface area contributed by atoms with Gasteiger partial charge in [-0.1, -0.05) is 23.7 Å². The normalized spacial score (nSPS) is 22.8. The third-order valence-electron chi connectivity index (χ3n) is 3.02. The number of amides is 1. The fourth-order valence-electron chi connectivity index (χ4n) is 2.17. The average Bonchev–Trinajstić information content (AvgIpc) is 2.53. The van der Waals surface area contributed by atoms with Crippen LogP contribution in [-0.4, -0.2) is 29.2 Å². The molecule has 0 aromatic heterocycles. The number of hydrogen-bond acceptors (Lipinski definition) is 2. The van der Waals surface area contributed by atoms with Gasteiger partial charge in [0.05, 0.1) is 22.7 Å². The van der Waals surface area contributed by atoms with Gasteiger partial charge in [-0.15, -0.1) is 0 Å². The van der Waals surface area contributed by atoms with Crippen LogP contribution in [0.15, 0.2) is 24.3 Å². The molecule has 17 heavy (non-hydrogen) atoms. The number of nitrogens with zero attached hydrogens (tertiary/aromatic N) is 1. The fraction of sp³-hybridized carbons (Fsp3) is 0.462. The number of ether oxygens (including phenoxy) is 1. The van der Waals surface area contributed by atoms with E-state index in [1.165, 1.54) is 0 Å². The molecule has 3 nitrogen and oxygen atoms in total. The third kappa shape index (κ3) is 2.17. The lowest BCUT2D eigenvalue weighted by molar-refractivity contribution is 0.0307. The highest BCUT2D eigenvalue weighted by atomic mass is 35.5. The van der Waals surface area contributed by atoms with Gasteiger partial charge in [0.1, 0.15) is 6.23 Å². The molecule has 0 aliphatic carbocycles. The van der Waals surface area contributed by atoms with Gasteiger partial charge in [-0.05, 0) is 32.9 Å². The molecule has 92 valence electrons. The second kappa shape index (κ2) is 4.31. The zero-order chi connectivity index (χ0) is 12.6. The minimum Gasteiger partial charge on any atom is -0.356 e. The molecule has 0 N–H and O–H groups in total. The summed E-state index contributed by atoms with van der Waals surface area (Å²) in [5.74, 6) is -0.0781. The summed E-state index contributed by atoms with van der Waals surface area (Å²) in [7, 11) is 0. The molecule has 1 amide bonds. The van der Waals surface area contributed by atoms with Gasteiger partial charge >= 0.3 is 0 Å². The van der Waals surface area contributed by atoms with Gasteiger partial charge in [0, 0.05) is 0 Å². The van der Waals surface area contributed by atoms with E-state index in [-0.39, 0.29) is 17.7 Å². The molecule has 0 saturated carbocycles. The quantitative estimate of drug-likeness (QED) is 0.770. The predicted octanol–water partition coefficient (Wildman–Crippen LogP) is 2.94. The van der Waals surface area contributed by atoms with Crippen LogP contribution in [0, 0.1) is 0 Å². The predicted molar refractivity (Wildman–Crippen MR) is 67.1 cm³/mol. The first-order chi connectivity index (χ1) is 7.93. The summed E-state index contributed by atoms with van der Waals surface area (Å²) in [5.41, 5.74) is 0.231. The molecule has 1 fully saturated rings. The van der Waals surface area contributed by atoms with Crippen molar-refractivity contribution in [2.24, 2.45) is 0 Å². The van der Waals surface area contributed by atoms with Crippen molar-refractivity contribution in [2.45, 2.75) is 32.5 Å². The van der Waals surface area contributed by atoms with E-state index in [1.807, 2.05) is 32.9 Å². The number of carbonyl (C=O) groups is 1. The Morgan fingerprint density at radius 3 is 2.65 bits per heavy atom. The van der Waals surface area contributed by atoms with Gasteiger partial charge in [0.25, 0.3) is 5.91 Å². The maximum Gasteiger partial charge on any atom is 0.257 e. The zero-order valence-corrected chi connectivity index (χ0v) is 11.0. The SMILES string of the molecule is CC1OCC(C)(C)N1C(=O)c1ccccc1Cl. The van der Waals surface area contributed by atoms with Crippen molar-refractivity contribution in [3.8, 4) is 0 Å².